The van der Waals surface area contributed by atoms with Gasteiger partial charge in [0, 0.05) is 12.0 Å². The second-order valence-corrected chi connectivity index (χ2v) is 5.89. The van der Waals surface area contributed by atoms with Crippen LogP contribution in [0.2, 0.25) is 0 Å². The minimum Gasteiger partial charge on any atom is -0.378 e. The molecule has 22 heavy (non-hydrogen) atoms. The summed E-state index contributed by atoms with van der Waals surface area (Å²) in [7, 11) is 0. The van der Waals surface area contributed by atoms with E-state index in [1.165, 1.54) is 6.07 Å². The van der Waals surface area contributed by atoms with Crippen LogP contribution in [-0.2, 0) is 10.2 Å². The number of hydrogen-bond acceptors (Lipinski definition) is 2. The Bertz CT molecular complexity index is 641. The quantitative estimate of drug-likeness (QED) is 0.892. The zero-order valence-electron chi connectivity index (χ0n) is 12.7. The summed E-state index contributed by atoms with van der Waals surface area (Å²) in [6, 6.07) is 15.2. The molecule has 116 valence electrons. The van der Waals surface area contributed by atoms with Gasteiger partial charge in [-0.25, -0.2) is 4.39 Å². The fourth-order valence-corrected chi connectivity index (χ4v) is 2.30. The number of aliphatic hydroxyl groups excluding tert-OH is 1. The topological polar surface area (TPSA) is 49.3 Å². The first-order chi connectivity index (χ1) is 10.4. The minimum absolute atomic E-state index is 0.233. The first-order valence-electron chi connectivity index (χ1n) is 7.17. The van der Waals surface area contributed by atoms with E-state index in [9.17, 15) is 14.3 Å². The number of aliphatic hydroxyl groups is 1. The van der Waals surface area contributed by atoms with Gasteiger partial charge < -0.3 is 10.4 Å². The normalized spacial score (nSPS) is 12.7. The number of rotatable bonds is 5. The highest BCUT2D eigenvalue weighted by Gasteiger charge is 2.26. The van der Waals surface area contributed by atoms with Gasteiger partial charge in [0.25, 0.3) is 5.91 Å². The summed E-state index contributed by atoms with van der Waals surface area (Å²) in [5.74, 6) is -0.791. The summed E-state index contributed by atoms with van der Waals surface area (Å²) in [4.78, 5) is 12.1. The highest BCUT2D eigenvalue weighted by atomic mass is 19.1. The third-order valence-corrected chi connectivity index (χ3v) is 3.67. The van der Waals surface area contributed by atoms with Crippen molar-refractivity contribution in [3.05, 3.63) is 71.5 Å². The lowest BCUT2D eigenvalue weighted by Crippen LogP contribution is -2.39. The number of carbonyl (C=O) groups excluding carboxylic acids is 1. The summed E-state index contributed by atoms with van der Waals surface area (Å²) in [5, 5.41) is 12.7. The summed E-state index contributed by atoms with van der Waals surface area (Å²) >= 11 is 0. The standard InChI is InChI=1S/C18H20FNO2/c1-18(2,14-10-6-7-11-15(14)19)12-20-17(22)16(21)13-8-4-3-5-9-13/h3-11,16,21H,12H2,1-2H3,(H,20,22). The summed E-state index contributed by atoms with van der Waals surface area (Å²) in [6.07, 6.45) is -1.22. The molecule has 2 N–H and O–H groups in total. The van der Waals surface area contributed by atoms with Crippen LogP contribution in [0.3, 0.4) is 0 Å². The molecule has 3 nitrogen and oxygen atoms in total. The van der Waals surface area contributed by atoms with Crippen molar-refractivity contribution in [1.29, 1.82) is 0 Å². The van der Waals surface area contributed by atoms with Crippen molar-refractivity contribution in [1.82, 2.24) is 5.32 Å². The van der Waals surface area contributed by atoms with Crippen molar-refractivity contribution in [3.8, 4) is 0 Å². The summed E-state index contributed by atoms with van der Waals surface area (Å²) in [5.41, 5.74) is 0.491. The van der Waals surface area contributed by atoms with Crippen molar-refractivity contribution < 1.29 is 14.3 Å². The fourth-order valence-electron chi connectivity index (χ4n) is 2.30. The van der Waals surface area contributed by atoms with E-state index in [-0.39, 0.29) is 12.4 Å². The molecule has 2 aromatic carbocycles. The van der Waals surface area contributed by atoms with Crippen molar-refractivity contribution in [2.24, 2.45) is 0 Å². The highest BCUT2D eigenvalue weighted by Crippen LogP contribution is 2.25. The largest absolute Gasteiger partial charge is 0.378 e. The number of hydrogen-bond donors (Lipinski definition) is 2. The molecule has 2 rings (SSSR count). The molecule has 0 bridgehead atoms. The highest BCUT2D eigenvalue weighted by molar-refractivity contribution is 5.82. The average molecular weight is 301 g/mol. The van der Waals surface area contributed by atoms with Crippen LogP contribution in [0, 0.1) is 5.82 Å². The zero-order chi connectivity index (χ0) is 16.2. The fraction of sp³-hybridized carbons (Fsp3) is 0.278. The van der Waals surface area contributed by atoms with Gasteiger partial charge in [0.1, 0.15) is 5.82 Å². The lowest BCUT2D eigenvalue weighted by atomic mass is 9.84. The Morgan fingerprint density at radius 2 is 1.73 bits per heavy atom. The molecule has 0 aliphatic rings. The molecule has 1 atom stereocenters. The molecule has 4 heteroatoms. The maximum atomic E-state index is 13.9. The predicted octanol–water partition coefficient (Wildman–Crippen LogP) is 2.95. The van der Waals surface area contributed by atoms with Crippen LogP contribution in [0.5, 0.6) is 0 Å². The van der Waals surface area contributed by atoms with E-state index in [4.69, 9.17) is 0 Å². The predicted molar refractivity (Wildman–Crippen MR) is 83.8 cm³/mol. The van der Waals surface area contributed by atoms with Crippen LogP contribution in [0.15, 0.2) is 54.6 Å². The zero-order valence-corrected chi connectivity index (χ0v) is 12.7. The maximum Gasteiger partial charge on any atom is 0.253 e. The molecular weight excluding hydrogens is 281 g/mol. The van der Waals surface area contributed by atoms with Gasteiger partial charge in [-0.2, -0.15) is 0 Å². The summed E-state index contributed by atoms with van der Waals surface area (Å²) in [6.45, 7) is 3.93. The van der Waals surface area contributed by atoms with Crippen LogP contribution in [-0.4, -0.2) is 17.6 Å². The van der Waals surface area contributed by atoms with Crippen LogP contribution < -0.4 is 5.32 Å². The third kappa shape index (κ3) is 3.71. The molecule has 0 saturated heterocycles. The molecule has 0 fully saturated rings. The maximum absolute atomic E-state index is 13.9. The number of amides is 1. The first-order valence-corrected chi connectivity index (χ1v) is 7.17. The van der Waals surface area contributed by atoms with Gasteiger partial charge in [-0.05, 0) is 17.2 Å². The second-order valence-electron chi connectivity index (χ2n) is 5.89. The van der Waals surface area contributed by atoms with E-state index < -0.39 is 17.4 Å². The minimum atomic E-state index is -1.22. The van der Waals surface area contributed by atoms with E-state index in [1.54, 1.807) is 42.5 Å². The Morgan fingerprint density at radius 1 is 1.14 bits per heavy atom. The lowest BCUT2D eigenvalue weighted by molar-refractivity contribution is -0.129. The first kappa shape index (κ1) is 16.2. The Kier molecular flexibility index (Phi) is 4.93. The molecule has 2 aromatic rings. The molecule has 0 heterocycles. The lowest BCUT2D eigenvalue weighted by Gasteiger charge is -2.26. The van der Waals surface area contributed by atoms with E-state index in [1.807, 2.05) is 19.9 Å². The molecule has 0 aliphatic heterocycles. The van der Waals surface area contributed by atoms with E-state index >= 15 is 0 Å². The van der Waals surface area contributed by atoms with Gasteiger partial charge in [0.2, 0.25) is 0 Å². The summed E-state index contributed by atoms with van der Waals surface area (Å²) < 4.78 is 13.9. The van der Waals surface area contributed by atoms with E-state index in [0.717, 1.165) is 0 Å². The molecule has 1 amide bonds. The molecule has 0 radical (unpaired) electrons. The number of benzene rings is 2. The Hall–Kier alpha value is -2.20. The van der Waals surface area contributed by atoms with Gasteiger partial charge in [0.05, 0.1) is 0 Å². The Morgan fingerprint density at radius 3 is 2.36 bits per heavy atom. The van der Waals surface area contributed by atoms with Crippen LogP contribution in [0.25, 0.3) is 0 Å². The van der Waals surface area contributed by atoms with Gasteiger partial charge in [0.15, 0.2) is 6.10 Å². The Balaban J connectivity index is 2.03. The molecule has 1 unspecified atom stereocenters. The van der Waals surface area contributed by atoms with E-state index in [2.05, 4.69) is 5.32 Å². The van der Waals surface area contributed by atoms with Gasteiger partial charge in [-0.3, -0.25) is 4.79 Å². The average Bonchev–Trinajstić information content (AvgIpc) is 2.53. The van der Waals surface area contributed by atoms with Crippen molar-refractivity contribution >= 4 is 5.91 Å². The molecule has 0 aromatic heterocycles. The van der Waals surface area contributed by atoms with Crippen LogP contribution in [0.4, 0.5) is 4.39 Å². The Labute approximate surface area is 129 Å². The monoisotopic (exact) mass is 301 g/mol. The molecule has 0 spiro atoms. The molecule has 0 aliphatic carbocycles. The third-order valence-electron chi connectivity index (χ3n) is 3.67. The number of carbonyl (C=O) groups is 1. The van der Waals surface area contributed by atoms with Crippen molar-refractivity contribution in [2.45, 2.75) is 25.4 Å². The van der Waals surface area contributed by atoms with Crippen LogP contribution >= 0.6 is 0 Å². The van der Waals surface area contributed by atoms with E-state index in [0.29, 0.717) is 11.1 Å². The van der Waals surface area contributed by atoms with Gasteiger partial charge >= 0.3 is 0 Å². The second kappa shape index (κ2) is 6.71. The van der Waals surface area contributed by atoms with Crippen molar-refractivity contribution in [2.75, 3.05) is 6.54 Å². The number of nitrogens with one attached hydrogen (secondary N) is 1. The smallest absolute Gasteiger partial charge is 0.253 e. The molecular formula is C18H20FNO2. The van der Waals surface area contributed by atoms with Gasteiger partial charge in [-0.1, -0.05) is 62.4 Å². The van der Waals surface area contributed by atoms with Crippen molar-refractivity contribution in [3.63, 3.8) is 0 Å². The number of halogens is 1. The molecule has 0 saturated carbocycles. The van der Waals surface area contributed by atoms with Crippen LogP contribution in [0.1, 0.15) is 31.1 Å². The van der Waals surface area contributed by atoms with Gasteiger partial charge in [-0.15, -0.1) is 0 Å². The SMILES string of the molecule is CC(C)(CNC(=O)C(O)c1ccccc1)c1ccccc1F.